The Balaban J connectivity index is 1.76. The van der Waals surface area contributed by atoms with Crippen molar-refractivity contribution in [1.82, 2.24) is 0 Å². The van der Waals surface area contributed by atoms with Crippen LogP contribution in [0.15, 0.2) is 24.3 Å². The Morgan fingerprint density at radius 3 is 1.31 bits per heavy atom. The van der Waals surface area contributed by atoms with Gasteiger partial charge in [0.05, 0.1) is 7.11 Å². The first-order chi connectivity index (χ1) is 12.9. The van der Waals surface area contributed by atoms with E-state index in [0.717, 1.165) is 5.75 Å². The van der Waals surface area contributed by atoms with Gasteiger partial charge >= 0.3 is 0 Å². The lowest BCUT2D eigenvalue weighted by atomic mass is 10.0. The van der Waals surface area contributed by atoms with Crippen LogP contribution in [0.5, 0.6) is 5.75 Å². The third kappa shape index (κ3) is 13.3. The van der Waals surface area contributed by atoms with Crippen LogP contribution in [-0.4, -0.2) is 7.11 Å². The minimum atomic E-state index is 0.959. The lowest BCUT2D eigenvalue weighted by molar-refractivity contribution is 0.414. The van der Waals surface area contributed by atoms with Crippen molar-refractivity contribution in [2.75, 3.05) is 7.11 Å². The van der Waals surface area contributed by atoms with Crippen LogP contribution in [-0.2, 0) is 6.42 Å². The summed E-state index contributed by atoms with van der Waals surface area (Å²) >= 11 is 0. The van der Waals surface area contributed by atoms with Gasteiger partial charge in [0.15, 0.2) is 0 Å². The van der Waals surface area contributed by atoms with E-state index < -0.39 is 0 Å². The Kier molecular flexibility index (Phi) is 15.5. The van der Waals surface area contributed by atoms with E-state index in [2.05, 4.69) is 31.2 Å². The van der Waals surface area contributed by atoms with E-state index in [1.807, 2.05) is 0 Å². The van der Waals surface area contributed by atoms with E-state index in [0.29, 0.717) is 0 Å². The molecule has 0 spiro atoms. The molecule has 0 aromatic heterocycles. The number of aryl methyl sites for hydroxylation is 1. The van der Waals surface area contributed by atoms with Crippen LogP contribution < -0.4 is 4.74 Å². The minimum absolute atomic E-state index is 0.959. The number of hydrogen-bond acceptors (Lipinski definition) is 1. The van der Waals surface area contributed by atoms with Gasteiger partial charge in [0.25, 0.3) is 0 Å². The molecule has 0 bridgehead atoms. The van der Waals surface area contributed by atoms with Crippen LogP contribution in [0.3, 0.4) is 0 Å². The molecule has 0 unspecified atom stereocenters. The van der Waals surface area contributed by atoms with Gasteiger partial charge in [0.1, 0.15) is 5.75 Å². The second-order valence-corrected chi connectivity index (χ2v) is 7.90. The van der Waals surface area contributed by atoms with E-state index in [-0.39, 0.29) is 0 Å². The molecule has 1 aromatic carbocycles. The van der Waals surface area contributed by atoms with Gasteiger partial charge in [-0.1, -0.05) is 115 Å². The molecule has 1 nitrogen and oxygen atoms in total. The topological polar surface area (TPSA) is 9.23 Å². The average Bonchev–Trinajstić information content (AvgIpc) is 2.68. The molecule has 1 heteroatoms. The van der Waals surface area contributed by atoms with E-state index >= 15 is 0 Å². The lowest BCUT2D eigenvalue weighted by Gasteiger charge is -2.05. The number of benzene rings is 1. The van der Waals surface area contributed by atoms with Crippen molar-refractivity contribution in [2.24, 2.45) is 0 Å². The lowest BCUT2D eigenvalue weighted by Crippen LogP contribution is -1.88. The summed E-state index contributed by atoms with van der Waals surface area (Å²) in [7, 11) is 1.73. The zero-order valence-electron chi connectivity index (χ0n) is 17.7. The average molecular weight is 361 g/mol. The predicted octanol–water partition coefficient (Wildman–Crippen LogP) is 8.50. The maximum Gasteiger partial charge on any atom is 0.118 e. The quantitative estimate of drug-likeness (QED) is 0.238. The first-order valence-electron chi connectivity index (χ1n) is 11.5. The molecule has 1 rings (SSSR count). The van der Waals surface area contributed by atoms with Crippen molar-refractivity contribution in [2.45, 2.75) is 116 Å². The van der Waals surface area contributed by atoms with Gasteiger partial charge in [-0.2, -0.15) is 0 Å². The molecule has 0 fully saturated rings. The molecule has 0 heterocycles. The molecule has 0 atom stereocenters. The summed E-state index contributed by atoms with van der Waals surface area (Å²) in [6, 6.07) is 8.54. The Morgan fingerprint density at radius 1 is 0.538 bits per heavy atom. The minimum Gasteiger partial charge on any atom is -0.497 e. The molecule has 26 heavy (non-hydrogen) atoms. The number of hydrogen-bond donors (Lipinski definition) is 0. The van der Waals surface area contributed by atoms with Gasteiger partial charge in [0.2, 0.25) is 0 Å². The molecule has 0 radical (unpaired) electrons. The van der Waals surface area contributed by atoms with E-state index in [1.54, 1.807) is 7.11 Å². The summed E-state index contributed by atoms with van der Waals surface area (Å²) in [5.41, 5.74) is 1.44. The molecular formula is C25H44O. The van der Waals surface area contributed by atoms with E-state index in [9.17, 15) is 0 Å². The summed E-state index contributed by atoms with van der Waals surface area (Å²) in [6.07, 6.45) is 24.2. The molecule has 0 aliphatic heterocycles. The van der Waals surface area contributed by atoms with Gasteiger partial charge in [-0.15, -0.1) is 0 Å². The Hall–Kier alpha value is -0.980. The Labute approximate surface area is 163 Å². The van der Waals surface area contributed by atoms with E-state index in [1.165, 1.54) is 115 Å². The number of ether oxygens (including phenoxy) is 1. The van der Waals surface area contributed by atoms with Crippen LogP contribution in [0.1, 0.15) is 115 Å². The smallest absolute Gasteiger partial charge is 0.118 e. The first kappa shape index (κ1) is 23.1. The zero-order valence-corrected chi connectivity index (χ0v) is 17.7. The van der Waals surface area contributed by atoms with Crippen molar-refractivity contribution >= 4 is 0 Å². The summed E-state index contributed by atoms with van der Waals surface area (Å²) in [6.45, 7) is 2.29. The highest BCUT2D eigenvalue weighted by Crippen LogP contribution is 2.16. The second kappa shape index (κ2) is 17.4. The van der Waals surface area contributed by atoms with Crippen molar-refractivity contribution in [3.63, 3.8) is 0 Å². The largest absolute Gasteiger partial charge is 0.497 e. The highest BCUT2D eigenvalue weighted by atomic mass is 16.5. The van der Waals surface area contributed by atoms with Crippen LogP contribution in [0.4, 0.5) is 0 Å². The van der Waals surface area contributed by atoms with Gasteiger partial charge in [-0.05, 0) is 30.5 Å². The molecule has 0 saturated heterocycles. The highest BCUT2D eigenvalue weighted by molar-refractivity contribution is 5.27. The van der Waals surface area contributed by atoms with Crippen molar-refractivity contribution in [3.8, 4) is 5.75 Å². The molecule has 150 valence electrons. The van der Waals surface area contributed by atoms with E-state index in [4.69, 9.17) is 4.74 Å². The molecule has 1 aromatic rings. The Bertz CT molecular complexity index is 395. The molecule has 0 aliphatic rings. The van der Waals surface area contributed by atoms with Crippen LogP contribution >= 0.6 is 0 Å². The van der Waals surface area contributed by atoms with Crippen molar-refractivity contribution < 1.29 is 4.74 Å². The number of unbranched alkanes of at least 4 members (excludes halogenated alkanes) is 15. The van der Waals surface area contributed by atoms with Crippen LogP contribution in [0.2, 0.25) is 0 Å². The molecule has 0 N–H and O–H groups in total. The van der Waals surface area contributed by atoms with Crippen molar-refractivity contribution in [3.05, 3.63) is 29.8 Å². The number of rotatable bonds is 18. The van der Waals surface area contributed by atoms with Gasteiger partial charge in [-0.25, -0.2) is 0 Å². The molecule has 0 saturated carbocycles. The molecule has 0 amide bonds. The Morgan fingerprint density at radius 2 is 0.923 bits per heavy atom. The van der Waals surface area contributed by atoms with Crippen LogP contribution in [0.25, 0.3) is 0 Å². The summed E-state index contributed by atoms with van der Waals surface area (Å²) in [5.74, 6) is 0.959. The second-order valence-electron chi connectivity index (χ2n) is 7.90. The fourth-order valence-corrected chi connectivity index (χ4v) is 3.67. The monoisotopic (exact) mass is 360 g/mol. The standard InChI is InChI=1S/C25H44O/c1-3-4-5-6-7-8-9-10-11-12-13-14-15-16-17-18-19-24-20-22-25(26-2)23-21-24/h20-23H,3-19H2,1-2H3. The maximum absolute atomic E-state index is 5.20. The first-order valence-corrected chi connectivity index (χ1v) is 11.5. The molecular weight excluding hydrogens is 316 g/mol. The van der Waals surface area contributed by atoms with Gasteiger partial charge in [0, 0.05) is 0 Å². The third-order valence-electron chi connectivity index (χ3n) is 5.48. The summed E-state index contributed by atoms with van der Waals surface area (Å²) < 4.78 is 5.20. The fraction of sp³-hybridized carbons (Fsp3) is 0.760. The third-order valence-corrected chi connectivity index (χ3v) is 5.48. The number of methoxy groups -OCH3 is 1. The normalized spacial score (nSPS) is 11.0. The van der Waals surface area contributed by atoms with Gasteiger partial charge in [-0.3, -0.25) is 0 Å². The zero-order chi connectivity index (χ0) is 18.7. The predicted molar refractivity (Wildman–Crippen MR) is 116 cm³/mol. The van der Waals surface area contributed by atoms with Crippen molar-refractivity contribution in [1.29, 1.82) is 0 Å². The summed E-state index contributed by atoms with van der Waals surface area (Å²) in [4.78, 5) is 0. The van der Waals surface area contributed by atoms with Crippen LogP contribution in [0, 0.1) is 0 Å². The molecule has 0 aliphatic carbocycles. The fourth-order valence-electron chi connectivity index (χ4n) is 3.67. The maximum atomic E-state index is 5.20. The highest BCUT2D eigenvalue weighted by Gasteiger charge is 1.97. The SMILES string of the molecule is CCCCCCCCCCCCCCCCCCc1ccc(OC)cc1. The summed E-state index contributed by atoms with van der Waals surface area (Å²) in [5, 5.41) is 0. The van der Waals surface area contributed by atoms with Gasteiger partial charge < -0.3 is 4.74 Å².